The summed E-state index contributed by atoms with van der Waals surface area (Å²) >= 11 is 1.40. The van der Waals surface area contributed by atoms with E-state index in [1.165, 1.54) is 11.8 Å². The monoisotopic (exact) mass is 361 g/mol. The van der Waals surface area contributed by atoms with Gasteiger partial charge < -0.3 is 19.5 Å². The molecule has 0 unspecified atom stereocenters. The average molecular weight is 361 g/mol. The molecular weight excluding hydrogens is 338 g/mol. The zero-order chi connectivity index (χ0) is 17.8. The molecule has 3 rings (SSSR count). The maximum absolute atomic E-state index is 12.4. The summed E-state index contributed by atoms with van der Waals surface area (Å²) in [5.41, 5.74) is 1.95. The summed E-state index contributed by atoms with van der Waals surface area (Å²) in [6.07, 6.45) is 0. The molecule has 1 aliphatic rings. The Bertz CT molecular complexity index is 725. The highest BCUT2D eigenvalue weighted by atomic mass is 32.2. The number of nitrogens with zero attached hydrogens (tertiary/aromatic N) is 4. The highest BCUT2D eigenvalue weighted by Gasteiger charge is 2.18. The van der Waals surface area contributed by atoms with Crippen LogP contribution in [0.5, 0.6) is 0 Å². The summed E-state index contributed by atoms with van der Waals surface area (Å²) in [6.45, 7) is 7.07. The number of carbonyl (C=O) groups excluding carboxylic acids is 1. The second kappa shape index (κ2) is 7.88. The van der Waals surface area contributed by atoms with Crippen molar-refractivity contribution in [3.8, 4) is 0 Å². The van der Waals surface area contributed by atoms with Crippen LogP contribution in [-0.4, -0.2) is 52.2 Å². The van der Waals surface area contributed by atoms with Crippen LogP contribution in [0.15, 0.2) is 29.4 Å². The number of aryl methyl sites for hydroxylation is 1. The molecule has 1 amide bonds. The van der Waals surface area contributed by atoms with E-state index < -0.39 is 0 Å². The lowest BCUT2D eigenvalue weighted by Gasteiger charge is -2.28. The number of rotatable bonds is 5. The lowest BCUT2D eigenvalue weighted by Crippen LogP contribution is -2.36. The van der Waals surface area contributed by atoms with Crippen molar-refractivity contribution in [1.29, 1.82) is 0 Å². The Hall–Kier alpha value is -2.06. The first-order valence-electron chi connectivity index (χ1n) is 8.31. The van der Waals surface area contributed by atoms with Gasteiger partial charge in [-0.25, -0.2) is 0 Å². The van der Waals surface area contributed by atoms with E-state index in [2.05, 4.69) is 20.4 Å². The Labute approximate surface area is 151 Å². The van der Waals surface area contributed by atoms with E-state index in [0.29, 0.717) is 0 Å². The van der Waals surface area contributed by atoms with Gasteiger partial charge in [0, 0.05) is 31.5 Å². The minimum Gasteiger partial charge on any atom is -0.378 e. The minimum atomic E-state index is -0.263. The number of nitrogens with one attached hydrogen (secondary N) is 1. The van der Waals surface area contributed by atoms with Crippen molar-refractivity contribution in [2.45, 2.75) is 24.3 Å². The molecule has 0 radical (unpaired) electrons. The second-order valence-electron chi connectivity index (χ2n) is 5.98. The molecule has 0 aliphatic carbocycles. The van der Waals surface area contributed by atoms with Crippen LogP contribution in [0.2, 0.25) is 0 Å². The number of ether oxygens (including phenoxy) is 1. The Morgan fingerprint density at radius 2 is 1.92 bits per heavy atom. The second-order valence-corrected chi connectivity index (χ2v) is 7.29. The molecule has 7 nitrogen and oxygen atoms in total. The third kappa shape index (κ3) is 4.32. The molecule has 1 aliphatic heterocycles. The number of amides is 1. The van der Waals surface area contributed by atoms with Crippen molar-refractivity contribution in [2.24, 2.45) is 7.05 Å². The van der Waals surface area contributed by atoms with Crippen LogP contribution < -0.4 is 10.2 Å². The number of hydrogen-bond acceptors (Lipinski definition) is 6. The zero-order valence-corrected chi connectivity index (χ0v) is 15.5. The summed E-state index contributed by atoms with van der Waals surface area (Å²) in [5, 5.41) is 11.5. The first-order chi connectivity index (χ1) is 12.0. The van der Waals surface area contributed by atoms with Crippen LogP contribution in [0.1, 0.15) is 12.7 Å². The molecule has 1 fully saturated rings. The van der Waals surface area contributed by atoms with Gasteiger partial charge in [-0.2, -0.15) is 0 Å². The molecule has 0 saturated carbocycles. The van der Waals surface area contributed by atoms with E-state index in [-0.39, 0.29) is 11.2 Å². The molecule has 2 aromatic rings. The van der Waals surface area contributed by atoms with E-state index in [9.17, 15) is 4.79 Å². The van der Waals surface area contributed by atoms with Crippen LogP contribution in [0.4, 0.5) is 11.4 Å². The van der Waals surface area contributed by atoms with Gasteiger partial charge in [-0.15, -0.1) is 10.2 Å². The van der Waals surface area contributed by atoms with E-state index >= 15 is 0 Å². The van der Waals surface area contributed by atoms with Gasteiger partial charge in [0.25, 0.3) is 0 Å². The van der Waals surface area contributed by atoms with E-state index in [1.54, 1.807) is 0 Å². The number of morpholine rings is 1. The van der Waals surface area contributed by atoms with E-state index in [1.807, 2.05) is 49.7 Å². The third-order valence-corrected chi connectivity index (χ3v) is 5.35. The molecule has 1 saturated heterocycles. The van der Waals surface area contributed by atoms with Crippen molar-refractivity contribution in [2.75, 3.05) is 36.5 Å². The normalized spacial score (nSPS) is 15.9. The molecule has 0 bridgehead atoms. The Morgan fingerprint density at radius 1 is 1.24 bits per heavy atom. The number of hydrogen-bond donors (Lipinski definition) is 1. The Morgan fingerprint density at radius 3 is 2.52 bits per heavy atom. The molecule has 1 N–H and O–H groups in total. The molecule has 0 spiro atoms. The molecule has 1 atom stereocenters. The van der Waals surface area contributed by atoms with Crippen molar-refractivity contribution >= 4 is 29.0 Å². The highest BCUT2D eigenvalue weighted by molar-refractivity contribution is 8.00. The average Bonchev–Trinajstić information content (AvgIpc) is 2.95. The summed E-state index contributed by atoms with van der Waals surface area (Å²) in [7, 11) is 1.90. The summed E-state index contributed by atoms with van der Waals surface area (Å²) in [4.78, 5) is 14.7. The summed E-state index contributed by atoms with van der Waals surface area (Å²) in [6, 6.07) is 7.94. The predicted molar refractivity (Wildman–Crippen MR) is 99.2 cm³/mol. The topological polar surface area (TPSA) is 72.3 Å². The maximum Gasteiger partial charge on any atom is 0.237 e. The third-order valence-electron chi connectivity index (χ3n) is 4.22. The van der Waals surface area contributed by atoms with Crippen LogP contribution in [0.3, 0.4) is 0 Å². The maximum atomic E-state index is 12.4. The zero-order valence-electron chi connectivity index (χ0n) is 14.7. The molecule has 8 heteroatoms. The van der Waals surface area contributed by atoms with E-state index in [0.717, 1.165) is 48.7 Å². The fraction of sp³-hybridized carbons (Fsp3) is 0.471. The van der Waals surface area contributed by atoms with Gasteiger partial charge in [-0.1, -0.05) is 11.8 Å². The lowest BCUT2D eigenvalue weighted by atomic mass is 10.2. The first-order valence-corrected chi connectivity index (χ1v) is 9.19. The molecule has 25 heavy (non-hydrogen) atoms. The van der Waals surface area contributed by atoms with Gasteiger partial charge in [0.05, 0.1) is 18.5 Å². The molecule has 2 heterocycles. The number of thioether (sulfide) groups is 1. The van der Waals surface area contributed by atoms with Crippen LogP contribution in [0, 0.1) is 6.92 Å². The van der Waals surface area contributed by atoms with Gasteiger partial charge >= 0.3 is 0 Å². The lowest BCUT2D eigenvalue weighted by molar-refractivity contribution is -0.115. The number of benzene rings is 1. The van der Waals surface area contributed by atoms with Crippen molar-refractivity contribution < 1.29 is 9.53 Å². The van der Waals surface area contributed by atoms with Gasteiger partial charge in [0.2, 0.25) is 5.91 Å². The fourth-order valence-corrected chi connectivity index (χ4v) is 3.38. The van der Waals surface area contributed by atoms with E-state index in [4.69, 9.17) is 4.74 Å². The van der Waals surface area contributed by atoms with Crippen LogP contribution in [-0.2, 0) is 16.6 Å². The van der Waals surface area contributed by atoms with Gasteiger partial charge in [-0.3, -0.25) is 4.79 Å². The number of aromatic nitrogens is 3. The SMILES string of the molecule is Cc1nnc(S[C@@H](C)C(=O)Nc2ccc(N3CCOCC3)cc2)n1C. The largest absolute Gasteiger partial charge is 0.378 e. The quantitative estimate of drug-likeness (QED) is 0.822. The standard InChI is InChI=1S/C17H23N5O2S/c1-12(25-17-20-19-13(2)21(17)3)16(23)18-14-4-6-15(7-5-14)22-8-10-24-11-9-22/h4-7,12H,8-11H2,1-3H3,(H,18,23)/t12-/m0/s1. The van der Waals surface area contributed by atoms with Crippen LogP contribution >= 0.6 is 11.8 Å². The Kier molecular flexibility index (Phi) is 5.60. The van der Waals surface area contributed by atoms with Crippen molar-refractivity contribution in [1.82, 2.24) is 14.8 Å². The molecular formula is C17H23N5O2S. The number of carbonyl (C=O) groups is 1. The molecule has 1 aromatic heterocycles. The van der Waals surface area contributed by atoms with Crippen LogP contribution in [0.25, 0.3) is 0 Å². The smallest absolute Gasteiger partial charge is 0.237 e. The number of anilines is 2. The van der Waals surface area contributed by atoms with Gasteiger partial charge in [-0.05, 0) is 38.1 Å². The van der Waals surface area contributed by atoms with Gasteiger partial charge in [0.1, 0.15) is 5.82 Å². The highest BCUT2D eigenvalue weighted by Crippen LogP contribution is 2.23. The summed E-state index contributed by atoms with van der Waals surface area (Å²) in [5.74, 6) is 0.776. The van der Waals surface area contributed by atoms with Gasteiger partial charge in [0.15, 0.2) is 5.16 Å². The first kappa shape index (κ1) is 17.8. The predicted octanol–water partition coefficient (Wildman–Crippen LogP) is 2.08. The minimum absolute atomic E-state index is 0.0511. The fourth-order valence-electron chi connectivity index (χ4n) is 2.52. The Balaban J connectivity index is 1.57. The molecule has 134 valence electrons. The summed E-state index contributed by atoms with van der Waals surface area (Å²) < 4.78 is 7.25. The van der Waals surface area contributed by atoms with Crippen molar-refractivity contribution in [3.63, 3.8) is 0 Å². The van der Waals surface area contributed by atoms with Crippen molar-refractivity contribution in [3.05, 3.63) is 30.1 Å². The molecule has 1 aromatic carbocycles.